The summed E-state index contributed by atoms with van der Waals surface area (Å²) >= 11 is 2.05. The SMILES string of the molecule is CC1(OC2CCCSC2)CCNCC1. The molecule has 2 heterocycles. The second-order valence-electron chi connectivity index (χ2n) is 4.66. The van der Waals surface area contributed by atoms with Crippen molar-refractivity contribution < 1.29 is 4.74 Å². The third-order valence-electron chi connectivity index (χ3n) is 3.23. The predicted molar refractivity (Wildman–Crippen MR) is 61.9 cm³/mol. The fourth-order valence-electron chi connectivity index (χ4n) is 2.28. The molecule has 0 spiro atoms. The standard InChI is InChI=1S/C11H21NOS/c1-11(4-6-12-7-5-11)13-10-3-2-8-14-9-10/h10,12H,2-9H2,1H3. The van der Waals surface area contributed by atoms with E-state index in [1.54, 1.807) is 0 Å². The van der Waals surface area contributed by atoms with Crippen LogP contribution in [0.3, 0.4) is 0 Å². The van der Waals surface area contributed by atoms with Crippen LogP contribution in [0.5, 0.6) is 0 Å². The maximum Gasteiger partial charge on any atom is 0.0682 e. The van der Waals surface area contributed by atoms with Crippen LogP contribution in [0.25, 0.3) is 0 Å². The Balaban J connectivity index is 1.81. The number of hydrogen-bond acceptors (Lipinski definition) is 3. The molecule has 2 aliphatic heterocycles. The van der Waals surface area contributed by atoms with Gasteiger partial charge in [-0.15, -0.1) is 0 Å². The van der Waals surface area contributed by atoms with Crippen LogP contribution in [0.15, 0.2) is 0 Å². The third-order valence-corrected chi connectivity index (χ3v) is 4.42. The minimum atomic E-state index is 0.161. The van der Waals surface area contributed by atoms with Crippen LogP contribution in [0.2, 0.25) is 0 Å². The second kappa shape index (κ2) is 4.86. The van der Waals surface area contributed by atoms with Crippen LogP contribution < -0.4 is 5.32 Å². The molecule has 2 aliphatic rings. The van der Waals surface area contributed by atoms with E-state index in [2.05, 4.69) is 12.2 Å². The average Bonchev–Trinajstić information content (AvgIpc) is 2.19. The van der Waals surface area contributed by atoms with Gasteiger partial charge >= 0.3 is 0 Å². The topological polar surface area (TPSA) is 21.3 Å². The maximum absolute atomic E-state index is 6.26. The van der Waals surface area contributed by atoms with E-state index in [1.807, 2.05) is 11.8 Å². The van der Waals surface area contributed by atoms with Crippen molar-refractivity contribution >= 4 is 11.8 Å². The molecule has 3 heteroatoms. The molecule has 1 atom stereocenters. The van der Waals surface area contributed by atoms with E-state index < -0.39 is 0 Å². The summed E-state index contributed by atoms with van der Waals surface area (Å²) in [6, 6.07) is 0. The van der Waals surface area contributed by atoms with Gasteiger partial charge in [0.25, 0.3) is 0 Å². The fraction of sp³-hybridized carbons (Fsp3) is 1.00. The molecule has 0 saturated carbocycles. The summed E-state index contributed by atoms with van der Waals surface area (Å²) in [6.07, 6.45) is 5.49. The Labute approximate surface area is 91.2 Å². The van der Waals surface area contributed by atoms with Gasteiger partial charge in [0, 0.05) is 5.75 Å². The van der Waals surface area contributed by atoms with Crippen molar-refractivity contribution in [2.24, 2.45) is 0 Å². The molecule has 2 nitrogen and oxygen atoms in total. The number of hydrogen-bond donors (Lipinski definition) is 1. The van der Waals surface area contributed by atoms with E-state index in [0.717, 1.165) is 13.1 Å². The molecule has 0 radical (unpaired) electrons. The minimum absolute atomic E-state index is 0.161. The van der Waals surface area contributed by atoms with Gasteiger partial charge in [0.2, 0.25) is 0 Å². The van der Waals surface area contributed by atoms with Crippen molar-refractivity contribution in [3.63, 3.8) is 0 Å². The van der Waals surface area contributed by atoms with Gasteiger partial charge in [-0.1, -0.05) is 0 Å². The summed E-state index contributed by atoms with van der Waals surface area (Å²) in [6.45, 7) is 4.53. The molecule has 82 valence electrons. The normalized spacial score (nSPS) is 32.8. The van der Waals surface area contributed by atoms with Crippen molar-refractivity contribution in [2.45, 2.75) is 44.3 Å². The van der Waals surface area contributed by atoms with Crippen molar-refractivity contribution in [3.8, 4) is 0 Å². The van der Waals surface area contributed by atoms with Crippen molar-refractivity contribution in [2.75, 3.05) is 24.6 Å². The molecule has 2 rings (SSSR count). The highest BCUT2D eigenvalue weighted by atomic mass is 32.2. The molecule has 0 amide bonds. The van der Waals surface area contributed by atoms with E-state index in [-0.39, 0.29) is 5.60 Å². The average molecular weight is 215 g/mol. The zero-order valence-electron chi connectivity index (χ0n) is 9.05. The van der Waals surface area contributed by atoms with Crippen LogP contribution in [0.1, 0.15) is 32.6 Å². The van der Waals surface area contributed by atoms with Gasteiger partial charge in [-0.2, -0.15) is 11.8 Å². The molecule has 14 heavy (non-hydrogen) atoms. The van der Waals surface area contributed by atoms with Crippen LogP contribution in [-0.4, -0.2) is 36.3 Å². The van der Waals surface area contributed by atoms with Crippen LogP contribution in [0.4, 0.5) is 0 Å². The van der Waals surface area contributed by atoms with Gasteiger partial charge in [-0.05, 0) is 51.4 Å². The molecule has 2 saturated heterocycles. The molecule has 0 aliphatic carbocycles. The van der Waals surface area contributed by atoms with Gasteiger partial charge in [-0.3, -0.25) is 0 Å². The molecule has 0 aromatic heterocycles. The largest absolute Gasteiger partial charge is 0.371 e. The summed E-state index contributed by atoms with van der Waals surface area (Å²) in [5.74, 6) is 2.54. The Bertz CT molecular complexity index is 174. The Hall–Kier alpha value is 0.270. The Morgan fingerprint density at radius 1 is 1.36 bits per heavy atom. The summed E-state index contributed by atoms with van der Waals surface area (Å²) in [4.78, 5) is 0. The predicted octanol–water partition coefficient (Wildman–Crippen LogP) is 2.04. The highest BCUT2D eigenvalue weighted by Gasteiger charge is 2.31. The maximum atomic E-state index is 6.26. The molecular formula is C11H21NOS. The molecule has 1 N–H and O–H groups in total. The molecule has 0 bridgehead atoms. The Morgan fingerprint density at radius 3 is 2.79 bits per heavy atom. The zero-order chi connectivity index (χ0) is 9.86. The van der Waals surface area contributed by atoms with E-state index in [4.69, 9.17) is 4.74 Å². The first-order chi connectivity index (χ1) is 6.79. The van der Waals surface area contributed by atoms with E-state index in [1.165, 1.54) is 37.2 Å². The van der Waals surface area contributed by atoms with Crippen LogP contribution in [0, 0.1) is 0 Å². The van der Waals surface area contributed by atoms with Crippen molar-refractivity contribution in [1.82, 2.24) is 5.32 Å². The second-order valence-corrected chi connectivity index (χ2v) is 5.81. The van der Waals surface area contributed by atoms with Gasteiger partial charge in [0.05, 0.1) is 11.7 Å². The zero-order valence-corrected chi connectivity index (χ0v) is 9.87. The van der Waals surface area contributed by atoms with E-state index >= 15 is 0 Å². The fourth-order valence-corrected chi connectivity index (χ4v) is 3.32. The van der Waals surface area contributed by atoms with Crippen LogP contribution >= 0.6 is 11.8 Å². The number of ether oxygens (including phenoxy) is 1. The summed E-state index contributed by atoms with van der Waals surface area (Å²) < 4.78 is 6.26. The van der Waals surface area contributed by atoms with Crippen molar-refractivity contribution in [1.29, 1.82) is 0 Å². The molecular weight excluding hydrogens is 194 g/mol. The lowest BCUT2D eigenvalue weighted by molar-refractivity contribution is -0.0926. The van der Waals surface area contributed by atoms with Crippen LogP contribution in [-0.2, 0) is 4.74 Å². The first-order valence-corrected chi connectivity index (χ1v) is 6.90. The summed E-state index contributed by atoms with van der Waals surface area (Å²) in [5.41, 5.74) is 0.161. The first kappa shape index (κ1) is 10.8. The number of rotatable bonds is 2. The third kappa shape index (κ3) is 2.88. The number of nitrogens with one attached hydrogen (secondary N) is 1. The Morgan fingerprint density at radius 2 is 2.14 bits per heavy atom. The molecule has 0 aromatic rings. The van der Waals surface area contributed by atoms with Crippen molar-refractivity contribution in [3.05, 3.63) is 0 Å². The highest BCUT2D eigenvalue weighted by Crippen LogP contribution is 2.29. The quantitative estimate of drug-likeness (QED) is 0.761. The lowest BCUT2D eigenvalue weighted by Gasteiger charge is -2.38. The summed E-state index contributed by atoms with van der Waals surface area (Å²) in [5, 5.41) is 3.39. The minimum Gasteiger partial charge on any atom is -0.371 e. The van der Waals surface area contributed by atoms with E-state index in [0.29, 0.717) is 6.10 Å². The highest BCUT2D eigenvalue weighted by molar-refractivity contribution is 7.99. The van der Waals surface area contributed by atoms with Gasteiger partial charge in [0.1, 0.15) is 0 Å². The molecule has 1 unspecified atom stereocenters. The molecule has 2 fully saturated rings. The Kier molecular flexibility index (Phi) is 3.74. The lowest BCUT2D eigenvalue weighted by atomic mass is 9.94. The van der Waals surface area contributed by atoms with E-state index in [9.17, 15) is 0 Å². The lowest BCUT2D eigenvalue weighted by Crippen LogP contribution is -2.44. The summed E-state index contributed by atoms with van der Waals surface area (Å²) in [7, 11) is 0. The monoisotopic (exact) mass is 215 g/mol. The van der Waals surface area contributed by atoms with Gasteiger partial charge < -0.3 is 10.1 Å². The van der Waals surface area contributed by atoms with Gasteiger partial charge in [-0.25, -0.2) is 0 Å². The number of thioether (sulfide) groups is 1. The number of piperidine rings is 1. The van der Waals surface area contributed by atoms with Gasteiger partial charge in [0.15, 0.2) is 0 Å². The smallest absolute Gasteiger partial charge is 0.0682 e. The molecule has 0 aromatic carbocycles. The first-order valence-electron chi connectivity index (χ1n) is 5.75.